The standard InChI is InChI=1S/C17H23FN4S.HI/c1-19-17(22-11-14-3-2-8-23-14)20-7-6-12-10-21-16-5-4-13(18)9-15(12)16;/h4-5,9-10,14,21H,2-3,6-8,11H2,1H3,(H2,19,20,22);1H. The van der Waals surface area contributed by atoms with Crippen LogP contribution in [0, 0.1) is 5.82 Å². The van der Waals surface area contributed by atoms with Gasteiger partial charge in [-0.2, -0.15) is 11.8 Å². The van der Waals surface area contributed by atoms with E-state index < -0.39 is 0 Å². The summed E-state index contributed by atoms with van der Waals surface area (Å²) in [5.41, 5.74) is 2.09. The van der Waals surface area contributed by atoms with Gasteiger partial charge in [0.1, 0.15) is 5.82 Å². The van der Waals surface area contributed by atoms with Gasteiger partial charge in [0.15, 0.2) is 5.96 Å². The normalized spacial score (nSPS) is 17.8. The molecule has 1 aromatic heterocycles. The zero-order valence-electron chi connectivity index (χ0n) is 13.8. The van der Waals surface area contributed by atoms with Crippen molar-refractivity contribution < 1.29 is 4.39 Å². The molecule has 0 bridgehead atoms. The van der Waals surface area contributed by atoms with Crippen LogP contribution in [0.2, 0.25) is 0 Å². The van der Waals surface area contributed by atoms with Crippen molar-refractivity contribution in [2.75, 3.05) is 25.9 Å². The van der Waals surface area contributed by atoms with Crippen LogP contribution >= 0.6 is 35.7 Å². The maximum atomic E-state index is 13.4. The van der Waals surface area contributed by atoms with Crippen LogP contribution in [0.25, 0.3) is 10.9 Å². The minimum atomic E-state index is -0.196. The molecule has 1 aliphatic heterocycles. The first kappa shape index (κ1) is 19.4. The largest absolute Gasteiger partial charge is 0.361 e. The van der Waals surface area contributed by atoms with Crippen LogP contribution in [0.4, 0.5) is 4.39 Å². The quantitative estimate of drug-likeness (QED) is 0.362. The van der Waals surface area contributed by atoms with Crippen molar-refractivity contribution in [1.82, 2.24) is 15.6 Å². The monoisotopic (exact) mass is 462 g/mol. The molecule has 4 nitrogen and oxygen atoms in total. The number of hydrogen-bond acceptors (Lipinski definition) is 2. The number of fused-ring (bicyclic) bond motifs is 1. The molecule has 7 heteroatoms. The number of rotatable bonds is 5. The summed E-state index contributed by atoms with van der Waals surface area (Å²) in [7, 11) is 1.79. The number of halogens is 2. The summed E-state index contributed by atoms with van der Waals surface area (Å²) >= 11 is 2.03. The Balaban J connectivity index is 0.00000208. The summed E-state index contributed by atoms with van der Waals surface area (Å²) in [6.45, 7) is 1.73. The topological polar surface area (TPSA) is 52.2 Å². The number of aromatic amines is 1. The molecule has 0 aliphatic carbocycles. The van der Waals surface area contributed by atoms with E-state index in [4.69, 9.17) is 0 Å². The minimum Gasteiger partial charge on any atom is -0.361 e. The Morgan fingerprint density at radius 1 is 1.42 bits per heavy atom. The fraction of sp³-hybridized carbons (Fsp3) is 0.471. The Labute approximate surface area is 163 Å². The summed E-state index contributed by atoms with van der Waals surface area (Å²) in [4.78, 5) is 7.45. The van der Waals surface area contributed by atoms with Crippen molar-refractivity contribution in [1.29, 1.82) is 0 Å². The van der Waals surface area contributed by atoms with Crippen molar-refractivity contribution in [3.05, 3.63) is 35.8 Å². The van der Waals surface area contributed by atoms with Crippen molar-refractivity contribution in [2.45, 2.75) is 24.5 Å². The predicted molar refractivity (Wildman–Crippen MR) is 112 cm³/mol. The SMILES string of the molecule is CN=C(NCCc1c[nH]c2ccc(F)cc12)NCC1CCCS1.I. The third-order valence-electron chi connectivity index (χ3n) is 4.16. The molecule has 24 heavy (non-hydrogen) atoms. The highest BCUT2D eigenvalue weighted by Gasteiger charge is 2.15. The van der Waals surface area contributed by atoms with E-state index >= 15 is 0 Å². The summed E-state index contributed by atoms with van der Waals surface area (Å²) in [5, 5.41) is 8.38. The minimum absolute atomic E-state index is 0. The maximum absolute atomic E-state index is 13.4. The van der Waals surface area contributed by atoms with Crippen molar-refractivity contribution in [2.24, 2.45) is 4.99 Å². The number of hydrogen-bond donors (Lipinski definition) is 3. The van der Waals surface area contributed by atoms with Crippen LogP contribution in [0.5, 0.6) is 0 Å². The molecule has 0 spiro atoms. The fourth-order valence-electron chi connectivity index (χ4n) is 2.91. The molecule has 1 fully saturated rings. The molecule has 1 atom stereocenters. The van der Waals surface area contributed by atoms with Gasteiger partial charge in [-0.25, -0.2) is 4.39 Å². The van der Waals surface area contributed by atoms with Gasteiger partial charge in [-0.3, -0.25) is 4.99 Å². The average molecular weight is 462 g/mol. The van der Waals surface area contributed by atoms with Gasteiger partial charge in [0, 0.05) is 42.5 Å². The zero-order chi connectivity index (χ0) is 16.1. The van der Waals surface area contributed by atoms with E-state index in [0.29, 0.717) is 5.25 Å². The highest BCUT2D eigenvalue weighted by molar-refractivity contribution is 14.0. The van der Waals surface area contributed by atoms with Gasteiger partial charge < -0.3 is 15.6 Å². The molecule has 1 unspecified atom stereocenters. The number of thioether (sulfide) groups is 1. The van der Waals surface area contributed by atoms with Crippen LogP contribution in [0.3, 0.4) is 0 Å². The van der Waals surface area contributed by atoms with E-state index in [0.717, 1.165) is 41.9 Å². The van der Waals surface area contributed by atoms with Gasteiger partial charge in [0.05, 0.1) is 0 Å². The highest BCUT2D eigenvalue weighted by Crippen LogP contribution is 2.25. The summed E-state index contributed by atoms with van der Waals surface area (Å²) < 4.78 is 13.4. The number of nitrogens with zero attached hydrogens (tertiary/aromatic N) is 1. The Morgan fingerprint density at radius 2 is 2.29 bits per heavy atom. The van der Waals surface area contributed by atoms with Crippen molar-refractivity contribution in [3.8, 4) is 0 Å². The van der Waals surface area contributed by atoms with Crippen molar-refractivity contribution in [3.63, 3.8) is 0 Å². The highest BCUT2D eigenvalue weighted by atomic mass is 127. The van der Waals surface area contributed by atoms with Crippen molar-refractivity contribution >= 4 is 52.6 Å². The number of benzene rings is 1. The summed E-state index contributed by atoms with van der Waals surface area (Å²) in [5.74, 6) is 1.91. The maximum Gasteiger partial charge on any atom is 0.191 e. The first-order valence-electron chi connectivity index (χ1n) is 8.08. The second-order valence-corrected chi connectivity index (χ2v) is 7.18. The van der Waals surface area contributed by atoms with Crippen LogP contribution in [-0.2, 0) is 6.42 Å². The zero-order valence-corrected chi connectivity index (χ0v) is 16.9. The number of guanidine groups is 1. The lowest BCUT2D eigenvalue weighted by Gasteiger charge is -2.14. The molecule has 0 amide bonds. The molecule has 1 saturated heterocycles. The molecule has 2 heterocycles. The summed E-state index contributed by atoms with van der Waals surface area (Å²) in [6.07, 6.45) is 5.38. The molecule has 0 radical (unpaired) electrons. The Kier molecular flexibility index (Phi) is 7.67. The molecule has 132 valence electrons. The molecule has 3 N–H and O–H groups in total. The van der Waals surface area contributed by atoms with Crippen LogP contribution in [0.1, 0.15) is 18.4 Å². The van der Waals surface area contributed by atoms with E-state index in [1.54, 1.807) is 19.2 Å². The molecule has 0 saturated carbocycles. The van der Waals surface area contributed by atoms with Gasteiger partial charge in [-0.05, 0) is 48.8 Å². The first-order valence-corrected chi connectivity index (χ1v) is 9.13. The number of nitrogens with one attached hydrogen (secondary N) is 3. The van der Waals surface area contributed by atoms with Gasteiger partial charge in [-0.1, -0.05) is 0 Å². The Hall–Kier alpha value is -0.960. The Morgan fingerprint density at radius 3 is 3.04 bits per heavy atom. The lowest BCUT2D eigenvalue weighted by atomic mass is 10.1. The molecule has 1 aliphatic rings. The van der Waals surface area contributed by atoms with Gasteiger partial charge in [0.25, 0.3) is 0 Å². The number of aromatic nitrogens is 1. The molecule has 1 aromatic carbocycles. The van der Waals surface area contributed by atoms with Crippen LogP contribution in [-0.4, -0.2) is 42.1 Å². The van der Waals surface area contributed by atoms with E-state index in [-0.39, 0.29) is 29.8 Å². The van der Waals surface area contributed by atoms with E-state index in [1.165, 1.54) is 24.7 Å². The third kappa shape index (κ3) is 5.02. The molecular formula is C17H24FIN4S. The van der Waals surface area contributed by atoms with Gasteiger partial charge in [0.2, 0.25) is 0 Å². The predicted octanol–water partition coefficient (Wildman–Crippen LogP) is 3.53. The lowest BCUT2D eigenvalue weighted by molar-refractivity contribution is 0.629. The number of H-pyrrole nitrogens is 1. The summed E-state index contributed by atoms with van der Waals surface area (Å²) in [6, 6.07) is 4.85. The number of aliphatic imine (C=N–C) groups is 1. The second-order valence-electron chi connectivity index (χ2n) is 5.77. The third-order valence-corrected chi connectivity index (χ3v) is 5.56. The van der Waals surface area contributed by atoms with Gasteiger partial charge >= 0.3 is 0 Å². The molecular weight excluding hydrogens is 438 g/mol. The van der Waals surface area contributed by atoms with E-state index in [1.807, 2.05) is 18.0 Å². The smallest absolute Gasteiger partial charge is 0.191 e. The first-order chi connectivity index (χ1) is 11.3. The average Bonchev–Trinajstić information content (AvgIpc) is 3.20. The fourth-order valence-corrected chi connectivity index (χ4v) is 4.11. The second kappa shape index (κ2) is 9.50. The van der Waals surface area contributed by atoms with Crippen LogP contribution < -0.4 is 10.6 Å². The molecule has 2 aromatic rings. The Bertz CT molecular complexity index is 682. The lowest BCUT2D eigenvalue weighted by Crippen LogP contribution is -2.40. The van der Waals surface area contributed by atoms with E-state index in [9.17, 15) is 4.39 Å². The van der Waals surface area contributed by atoms with Crippen LogP contribution in [0.15, 0.2) is 29.4 Å². The van der Waals surface area contributed by atoms with E-state index in [2.05, 4.69) is 20.6 Å². The molecule has 3 rings (SSSR count). The van der Waals surface area contributed by atoms with Gasteiger partial charge in [-0.15, -0.1) is 24.0 Å².